The van der Waals surface area contributed by atoms with Crippen LogP contribution in [0, 0.1) is 0 Å². The Kier molecular flexibility index (Phi) is 3.20. The van der Waals surface area contributed by atoms with Gasteiger partial charge in [-0.15, -0.1) is 0 Å². The van der Waals surface area contributed by atoms with Crippen LogP contribution in [-0.2, 0) is 6.42 Å². The van der Waals surface area contributed by atoms with Crippen molar-refractivity contribution >= 4 is 21.5 Å². The molecular formula is C17H16O2. The lowest BCUT2D eigenvalue weighted by molar-refractivity contribution is 0.0958. The molecule has 0 amide bonds. The van der Waals surface area contributed by atoms with Gasteiger partial charge in [-0.2, -0.15) is 0 Å². The van der Waals surface area contributed by atoms with Gasteiger partial charge >= 0.3 is 0 Å². The highest BCUT2D eigenvalue weighted by molar-refractivity contribution is 6.08. The Morgan fingerprint density at radius 3 is 2.21 bits per heavy atom. The van der Waals surface area contributed by atoms with Gasteiger partial charge in [0.05, 0.1) is 12.7 Å². The highest BCUT2D eigenvalue weighted by atomic mass is 16.3. The lowest BCUT2D eigenvalue weighted by atomic mass is 9.94. The van der Waals surface area contributed by atoms with Crippen molar-refractivity contribution in [3.05, 3.63) is 60.2 Å². The van der Waals surface area contributed by atoms with Gasteiger partial charge in [-0.05, 0) is 27.1 Å². The Balaban J connectivity index is 2.29. The first kappa shape index (κ1) is 12.2. The van der Waals surface area contributed by atoms with Gasteiger partial charge in [0.2, 0.25) is 0 Å². The third kappa shape index (κ3) is 2.21. The summed E-state index contributed by atoms with van der Waals surface area (Å²) in [6, 6.07) is 18.6. The zero-order valence-electron chi connectivity index (χ0n) is 10.6. The van der Waals surface area contributed by atoms with E-state index in [-0.39, 0.29) is 6.61 Å². The van der Waals surface area contributed by atoms with Crippen molar-refractivity contribution in [1.29, 1.82) is 0 Å². The lowest BCUT2D eigenvalue weighted by Gasteiger charge is -2.12. The summed E-state index contributed by atoms with van der Waals surface area (Å²) >= 11 is 0. The van der Waals surface area contributed by atoms with Crippen LogP contribution in [0.5, 0.6) is 0 Å². The molecule has 0 saturated heterocycles. The Hall–Kier alpha value is -1.90. The largest absolute Gasteiger partial charge is 0.394 e. The maximum atomic E-state index is 9.69. The molecule has 3 rings (SSSR count). The minimum Gasteiger partial charge on any atom is -0.394 e. The maximum absolute atomic E-state index is 9.69. The van der Waals surface area contributed by atoms with Crippen LogP contribution in [-0.4, -0.2) is 22.9 Å². The summed E-state index contributed by atoms with van der Waals surface area (Å²) in [4.78, 5) is 0. The minimum absolute atomic E-state index is 0.207. The van der Waals surface area contributed by atoms with E-state index >= 15 is 0 Å². The Labute approximate surface area is 111 Å². The lowest BCUT2D eigenvalue weighted by Crippen LogP contribution is -2.15. The second-order valence-electron chi connectivity index (χ2n) is 4.84. The number of fused-ring (bicyclic) bond motifs is 3. The Morgan fingerprint density at radius 1 is 0.842 bits per heavy atom. The van der Waals surface area contributed by atoms with E-state index in [4.69, 9.17) is 5.11 Å². The first-order valence-corrected chi connectivity index (χ1v) is 6.48. The molecule has 0 aliphatic heterocycles. The molecule has 0 aliphatic rings. The third-order valence-electron chi connectivity index (χ3n) is 3.52. The molecule has 2 N–H and O–H groups in total. The molecule has 1 unspecified atom stereocenters. The number of aliphatic hydroxyl groups is 2. The van der Waals surface area contributed by atoms with Crippen LogP contribution < -0.4 is 0 Å². The van der Waals surface area contributed by atoms with Crippen LogP contribution in [0.2, 0.25) is 0 Å². The van der Waals surface area contributed by atoms with Crippen LogP contribution in [0.1, 0.15) is 5.56 Å². The van der Waals surface area contributed by atoms with E-state index in [9.17, 15) is 5.11 Å². The van der Waals surface area contributed by atoms with Gasteiger partial charge in [-0.25, -0.2) is 0 Å². The van der Waals surface area contributed by atoms with E-state index in [1.165, 1.54) is 16.2 Å². The minimum atomic E-state index is -0.704. The number of hydrogen-bond acceptors (Lipinski definition) is 2. The molecule has 0 saturated carbocycles. The van der Waals surface area contributed by atoms with E-state index in [0.717, 1.165) is 10.9 Å². The molecule has 0 aromatic heterocycles. The fourth-order valence-corrected chi connectivity index (χ4v) is 2.62. The molecule has 0 fully saturated rings. The molecule has 2 heteroatoms. The van der Waals surface area contributed by atoms with Gasteiger partial charge in [-0.1, -0.05) is 54.6 Å². The van der Waals surface area contributed by atoms with Crippen molar-refractivity contribution in [3.63, 3.8) is 0 Å². The molecular weight excluding hydrogens is 236 g/mol. The van der Waals surface area contributed by atoms with Crippen LogP contribution in [0.4, 0.5) is 0 Å². The summed E-state index contributed by atoms with van der Waals surface area (Å²) < 4.78 is 0. The molecule has 0 bridgehead atoms. The zero-order chi connectivity index (χ0) is 13.2. The van der Waals surface area contributed by atoms with E-state index in [0.29, 0.717) is 6.42 Å². The van der Waals surface area contributed by atoms with Gasteiger partial charge in [0, 0.05) is 6.42 Å². The monoisotopic (exact) mass is 252 g/mol. The number of aliphatic hydroxyl groups excluding tert-OH is 2. The molecule has 19 heavy (non-hydrogen) atoms. The maximum Gasteiger partial charge on any atom is 0.0811 e. The quantitative estimate of drug-likeness (QED) is 0.704. The van der Waals surface area contributed by atoms with Crippen molar-refractivity contribution in [3.8, 4) is 0 Å². The predicted molar refractivity (Wildman–Crippen MR) is 78.3 cm³/mol. The van der Waals surface area contributed by atoms with E-state index in [1.54, 1.807) is 0 Å². The third-order valence-corrected chi connectivity index (χ3v) is 3.52. The van der Waals surface area contributed by atoms with Gasteiger partial charge in [0.25, 0.3) is 0 Å². The van der Waals surface area contributed by atoms with E-state index in [1.807, 2.05) is 24.3 Å². The fraction of sp³-hybridized carbons (Fsp3) is 0.176. The highest BCUT2D eigenvalue weighted by Crippen LogP contribution is 2.29. The first-order valence-electron chi connectivity index (χ1n) is 6.48. The second-order valence-corrected chi connectivity index (χ2v) is 4.84. The molecule has 96 valence electrons. The Morgan fingerprint density at radius 2 is 1.47 bits per heavy atom. The first-order chi connectivity index (χ1) is 9.29. The number of hydrogen-bond donors (Lipinski definition) is 2. The van der Waals surface area contributed by atoms with Crippen LogP contribution >= 0.6 is 0 Å². The summed E-state index contributed by atoms with van der Waals surface area (Å²) in [5.41, 5.74) is 1.08. The van der Waals surface area contributed by atoms with Crippen LogP contribution in [0.3, 0.4) is 0 Å². The summed E-state index contributed by atoms with van der Waals surface area (Å²) in [5.74, 6) is 0. The highest BCUT2D eigenvalue weighted by Gasteiger charge is 2.09. The molecule has 0 radical (unpaired) electrons. The van der Waals surface area contributed by atoms with Crippen LogP contribution in [0.15, 0.2) is 54.6 Å². The van der Waals surface area contributed by atoms with Gasteiger partial charge in [0.1, 0.15) is 0 Å². The fourth-order valence-electron chi connectivity index (χ4n) is 2.62. The topological polar surface area (TPSA) is 40.5 Å². The summed E-state index contributed by atoms with van der Waals surface area (Å²) in [7, 11) is 0. The van der Waals surface area contributed by atoms with Gasteiger partial charge in [0.15, 0.2) is 0 Å². The van der Waals surface area contributed by atoms with E-state index < -0.39 is 6.10 Å². The zero-order valence-corrected chi connectivity index (χ0v) is 10.6. The van der Waals surface area contributed by atoms with Crippen molar-refractivity contribution < 1.29 is 10.2 Å². The molecule has 3 aromatic rings. The van der Waals surface area contributed by atoms with Gasteiger partial charge < -0.3 is 10.2 Å². The molecule has 0 spiro atoms. The molecule has 0 heterocycles. The van der Waals surface area contributed by atoms with Crippen molar-refractivity contribution in [1.82, 2.24) is 0 Å². The Bertz CT molecular complexity index is 719. The van der Waals surface area contributed by atoms with Crippen molar-refractivity contribution in [2.24, 2.45) is 0 Å². The number of benzene rings is 3. The van der Waals surface area contributed by atoms with E-state index in [2.05, 4.69) is 30.3 Å². The van der Waals surface area contributed by atoms with Crippen molar-refractivity contribution in [2.75, 3.05) is 6.61 Å². The average molecular weight is 252 g/mol. The molecule has 0 aliphatic carbocycles. The smallest absolute Gasteiger partial charge is 0.0811 e. The summed E-state index contributed by atoms with van der Waals surface area (Å²) in [5, 5.41) is 23.5. The second kappa shape index (κ2) is 5.00. The standard InChI is InChI=1S/C17H16O2/c18-11-14(19)10-13-9-12-5-1-2-6-15(12)17-8-4-3-7-16(13)17/h1-9,14,18-19H,10-11H2. The van der Waals surface area contributed by atoms with Gasteiger partial charge in [-0.3, -0.25) is 0 Å². The molecule has 3 aromatic carbocycles. The SMILES string of the molecule is OCC(O)Cc1cc2ccccc2c2ccccc12. The summed E-state index contributed by atoms with van der Waals surface area (Å²) in [6.45, 7) is -0.207. The predicted octanol–water partition coefficient (Wildman–Crippen LogP) is 2.89. The molecule has 1 atom stereocenters. The number of rotatable bonds is 3. The molecule has 2 nitrogen and oxygen atoms in total. The van der Waals surface area contributed by atoms with Crippen LogP contribution in [0.25, 0.3) is 21.5 Å². The average Bonchev–Trinajstić information content (AvgIpc) is 2.47. The summed E-state index contributed by atoms with van der Waals surface area (Å²) in [6.07, 6.45) is -0.230. The normalized spacial score (nSPS) is 12.9. The van der Waals surface area contributed by atoms with Crippen molar-refractivity contribution in [2.45, 2.75) is 12.5 Å².